The molecule has 3 rings (SSSR count). The van der Waals surface area contributed by atoms with Crippen LogP contribution in [0.2, 0.25) is 0 Å². The summed E-state index contributed by atoms with van der Waals surface area (Å²) in [5.41, 5.74) is 10.6. The number of hydrogen-bond acceptors (Lipinski definition) is 2. The van der Waals surface area contributed by atoms with Crippen molar-refractivity contribution < 1.29 is 5.11 Å². The molecule has 0 aliphatic rings. The van der Waals surface area contributed by atoms with E-state index in [0.717, 1.165) is 10.8 Å². The number of rotatable bonds is 2. The van der Waals surface area contributed by atoms with Gasteiger partial charge in [-0.05, 0) is 34.0 Å². The zero-order chi connectivity index (χ0) is 14.8. The Morgan fingerprint density at radius 2 is 1.81 bits per heavy atom. The molecule has 0 atom stereocenters. The van der Waals surface area contributed by atoms with Gasteiger partial charge >= 0.3 is 0 Å². The maximum Gasteiger partial charge on any atom is 0.124 e. The van der Waals surface area contributed by atoms with E-state index in [1.165, 1.54) is 0 Å². The van der Waals surface area contributed by atoms with Crippen LogP contribution in [0.5, 0.6) is 5.75 Å². The first kappa shape index (κ1) is 13.5. The number of benzene rings is 3. The van der Waals surface area contributed by atoms with Crippen molar-refractivity contribution in [2.75, 3.05) is 0 Å². The van der Waals surface area contributed by atoms with Gasteiger partial charge in [0.2, 0.25) is 0 Å². The molecule has 5 heteroatoms. The minimum absolute atomic E-state index is 0.154. The predicted octanol–water partition coefficient (Wildman–Crippen LogP) is 5.92. The Kier molecular flexibility index (Phi) is 3.52. The molecule has 0 heterocycles. The van der Waals surface area contributed by atoms with Gasteiger partial charge in [-0.25, -0.2) is 0 Å². The lowest BCUT2D eigenvalue weighted by molar-refractivity contribution is 0.478. The largest absolute Gasteiger partial charge is 0.507 e. The molecule has 3 aromatic carbocycles. The van der Waals surface area contributed by atoms with Crippen molar-refractivity contribution in [2.24, 2.45) is 5.11 Å². The van der Waals surface area contributed by atoms with Gasteiger partial charge < -0.3 is 5.11 Å². The van der Waals surface area contributed by atoms with Gasteiger partial charge in [0, 0.05) is 14.9 Å². The molecule has 0 unspecified atom stereocenters. The maximum atomic E-state index is 10.3. The van der Waals surface area contributed by atoms with Crippen molar-refractivity contribution in [1.29, 1.82) is 0 Å². The van der Waals surface area contributed by atoms with E-state index >= 15 is 0 Å². The van der Waals surface area contributed by atoms with Crippen molar-refractivity contribution in [1.82, 2.24) is 0 Å². The van der Waals surface area contributed by atoms with Crippen LogP contribution in [0.15, 0.2) is 64.2 Å². The third-order valence-corrected chi connectivity index (χ3v) is 3.95. The number of fused-ring (bicyclic) bond motifs is 1. The number of phenolic OH excluding ortho intramolecular Hbond substituents is 1. The Balaban J connectivity index is 2.44. The van der Waals surface area contributed by atoms with E-state index in [4.69, 9.17) is 5.53 Å². The Hall–Kier alpha value is -2.49. The number of nitrogens with zero attached hydrogens (tertiary/aromatic N) is 3. The minimum Gasteiger partial charge on any atom is -0.507 e. The van der Waals surface area contributed by atoms with E-state index in [2.05, 4.69) is 26.0 Å². The summed E-state index contributed by atoms with van der Waals surface area (Å²) in [6.07, 6.45) is 0. The molecule has 0 fully saturated rings. The van der Waals surface area contributed by atoms with Crippen LogP contribution in [0.4, 0.5) is 5.69 Å². The van der Waals surface area contributed by atoms with Crippen LogP contribution in [0, 0.1) is 0 Å². The standard InChI is InChI=1S/C16H10BrN3O/c17-13-7-3-6-12(16(13)19-20-18)15-11-5-2-1-4-10(11)8-9-14(15)21/h1-9,21H. The fourth-order valence-corrected chi connectivity index (χ4v) is 2.85. The van der Waals surface area contributed by atoms with Crippen molar-refractivity contribution in [3.8, 4) is 16.9 Å². The second-order valence-electron chi connectivity index (χ2n) is 4.51. The summed E-state index contributed by atoms with van der Waals surface area (Å²) >= 11 is 3.39. The van der Waals surface area contributed by atoms with Crippen LogP contribution in [0.25, 0.3) is 32.3 Å². The number of phenols is 1. The summed E-state index contributed by atoms with van der Waals surface area (Å²) in [6, 6.07) is 16.8. The zero-order valence-electron chi connectivity index (χ0n) is 10.9. The first-order valence-corrected chi connectivity index (χ1v) is 7.06. The van der Waals surface area contributed by atoms with Crippen LogP contribution in [-0.4, -0.2) is 5.11 Å². The van der Waals surface area contributed by atoms with Crippen molar-refractivity contribution >= 4 is 32.4 Å². The normalized spacial score (nSPS) is 10.3. The molecule has 4 nitrogen and oxygen atoms in total. The summed E-state index contributed by atoms with van der Waals surface area (Å²) in [4.78, 5) is 2.88. The van der Waals surface area contributed by atoms with Crippen LogP contribution >= 0.6 is 15.9 Å². The molecule has 0 aliphatic heterocycles. The second kappa shape index (κ2) is 5.48. The Labute approximate surface area is 129 Å². The quantitative estimate of drug-likeness (QED) is 0.351. The van der Waals surface area contributed by atoms with Gasteiger partial charge in [0.25, 0.3) is 0 Å². The summed E-state index contributed by atoms with van der Waals surface area (Å²) in [6.45, 7) is 0. The molecule has 0 spiro atoms. The molecule has 0 saturated carbocycles. The van der Waals surface area contributed by atoms with E-state index in [9.17, 15) is 5.11 Å². The van der Waals surface area contributed by atoms with E-state index in [-0.39, 0.29) is 5.75 Å². The van der Waals surface area contributed by atoms with E-state index < -0.39 is 0 Å². The van der Waals surface area contributed by atoms with Crippen LogP contribution in [-0.2, 0) is 0 Å². The lowest BCUT2D eigenvalue weighted by Gasteiger charge is -2.12. The first-order valence-electron chi connectivity index (χ1n) is 6.27. The zero-order valence-corrected chi connectivity index (χ0v) is 12.4. The van der Waals surface area contributed by atoms with Gasteiger partial charge in [-0.1, -0.05) is 63.5 Å². The highest BCUT2D eigenvalue weighted by Gasteiger charge is 2.14. The fraction of sp³-hybridized carbons (Fsp3) is 0. The molecule has 0 bridgehead atoms. The van der Waals surface area contributed by atoms with Crippen LogP contribution < -0.4 is 0 Å². The number of halogens is 1. The number of aromatic hydroxyl groups is 1. The first-order chi connectivity index (χ1) is 10.2. The van der Waals surface area contributed by atoms with Crippen LogP contribution in [0.1, 0.15) is 0 Å². The average Bonchev–Trinajstić information content (AvgIpc) is 2.50. The van der Waals surface area contributed by atoms with E-state index in [1.807, 2.05) is 42.5 Å². The molecular weight excluding hydrogens is 330 g/mol. The molecule has 21 heavy (non-hydrogen) atoms. The summed E-state index contributed by atoms with van der Waals surface area (Å²) in [5.74, 6) is 0.154. The Morgan fingerprint density at radius 1 is 1.00 bits per heavy atom. The monoisotopic (exact) mass is 339 g/mol. The van der Waals surface area contributed by atoms with Gasteiger partial charge in [-0.3, -0.25) is 0 Å². The van der Waals surface area contributed by atoms with Crippen LogP contribution in [0.3, 0.4) is 0 Å². The molecular formula is C16H10BrN3O. The minimum atomic E-state index is 0.154. The van der Waals surface area contributed by atoms with Gasteiger partial charge in [-0.2, -0.15) is 0 Å². The highest BCUT2D eigenvalue weighted by molar-refractivity contribution is 9.10. The summed E-state index contributed by atoms with van der Waals surface area (Å²) in [7, 11) is 0. The summed E-state index contributed by atoms with van der Waals surface area (Å²) < 4.78 is 0.685. The third kappa shape index (κ3) is 2.33. The highest BCUT2D eigenvalue weighted by Crippen LogP contribution is 2.43. The smallest absolute Gasteiger partial charge is 0.124 e. The molecule has 1 N–H and O–H groups in total. The Bertz CT molecular complexity index is 886. The predicted molar refractivity (Wildman–Crippen MR) is 87.6 cm³/mol. The lowest BCUT2D eigenvalue weighted by Crippen LogP contribution is -1.84. The van der Waals surface area contributed by atoms with Gasteiger partial charge in [0.1, 0.15) is 5.75 Å². The molecule has 0 saturated heterocycles. The SMILES string of the molecule is [N-]=[N+]=Nc1c(Br)cccc1-c1c(O)ccc2ccccc12. The fourth-order valence-electron chi connectivity index (χ4n) is 2.41. The maximum absolute atomic E-state index is 10.3. The van der Waals surface area contributed by atoms with Gasteiger partial charge in [0.15, 0.2) is 0 Å². The molecule has 0 aliphatic carbocycles. The molecule has 0 radical (unpaired) electrons. The Morgan fingerprint density at radius 3 is 2.62 bits per heavy atom. The number of azide groups is 1. The second-order valence-corrected chi connectivity index (χ2v) is 5.36. The lowest BCUT2D eigenvalue weighted by atomic mass is 9.96. The molecule has 0 amide bonds. The molecule has 0 aromatic heterocycles. The van der Waals surface area contributed by atoms with Gasteiger partial charge in [-0.15, -0.1) is 0 Å². The summed E-state index contributed by atoms with van der Waals surface area (Å²) in [5, 5.41) is 16.0. The number of hydrogen-bond donors (Lipinski definition) is 1. The van der Waals surface area contributed by atoms with Crippen molar-refractivity contribution in [2.45, 2.75) is 0 Å². The van der Waals surface area contributed by atoms with Crippen molar-refractivity contribution in [3.05, 3.63) is 69.5 Å². The van der Waals surface area contributed by atoms with E-state index in [0.29, 0.717) is 21.3 Å². The highest BCUT2D eigenvalue weighted by atomic mass is 79.9. The van der Waals surface area contributed by atoms with E-state index in [1.54, 1.807) is 12.1 Å². The van der Waals surface area contributed by atoms with Gasteiger partial charge in [0.05, 0.1) is 5.69 Å². The third-order valence-electron chi connectivity index (χ3n) is 3.31. The molecule has 102 valence electrons. The topological polar surface area (TPSA) is 69.0 Å². The molecule has 3 aromatic rings. The van der Waals surface area contributed by atoms with Crippen molar-refractivity contribution in [3.63, 3.8) is 0 Å². The average molecular weight is 340 g/mol.